The molecule has 1 atom stereocenters. The van der Waals surface area contributed by atoms with Crippen molar-refractivity contribution in [3.05, 3.63) is 70.4 Å². The van der Waals surface area contributed by atoms with Gasteiger partial charge in [0.2, 0.25) is 0 Å². The predicted molar refractivity (Wildman–Crippen MR) is 105 cm³/mol. The summed E-state index contributed by atoms with van der Waals surface area (Å²) in [5.74, 6) is 0.723. The molecule has 0 spiro atoms. The normalized spacial score (nSPS) is 22.1. The lowest BCUT2D eigenvalue weighted by Gasteiger charge is -2.31. The van der Waals surface area contributed by atoms with Crippen LogP contribution in [0.4, 0.5) is 0 Å². The second-order valence-corrected chi connectivity index (χ2v) is 7.74. The van der Waals surface area contributed by atoms with Crippen LogP contribution in [0.3, 0.4) is 0 Å². The number of rotatable bonds is 4. The Bertz CT molecular complexity index is 712. The molecular weight excluding hydrogens is 310 g/mol. The van der Waals surface area contributed by atoms with Crippen LogP contribution < -0.4 is 0 Å². The zero-order chi connectivity index (χ0) is 16.2. The van der Waals surface area contributed by atoms with Gasteiger partial charge in [0.25, 0.3) is 0 Å². The highest BCUT2D eigenvalue weighted by atomic mass is 32.1. The molecule has 0 saturated carbocycles. The molecule has 1 nitrogen and oxygen atoms in total. The molecule has 1 aliphatic carbocycles. The summed E-state index contributed by atoms with van der Waals surface area (Å²) in [6, 6.07) is 13.1. The number of hydrogen-bond donors (Lipinski definition) is 0. The molecule has 2 aliphatic rings. The molecule has 0 bridgehead atoms. The number of benzene rings is 1. The minimum absolute atomic E-state index is 0.723. The maximum Gasteiger partial charge on any atom is 0.0169 e. The van der Waals surface area contributed by atoms with Gasteiger partial charge in [0.15, 0.2) is 0 Å². The van der Waals surface area contributed by atoms with Crippen molar-refractivity contribution in [2.24, 2.45) is 5.92 Å². The fourth-order valence-electron chi connectivity index (χ4n) is 3.96. The molecule has 1 unspecified atom stereocenters. The SMILES string of the molecule is C1=C(c2ccsc2)CCCC1CN1CC=C(c2ccccc2)CC1. The molecule has 1 aromatic carbocycles. The summed E-state index contributed by atoms with van der Waals surface area (Å²) in [5, 5.41) is 4.49. The molecule has 0 amide bonds. The zero-order valence-corrected chi connectivity index (χ0v) is 15.0. The van der Waals surface area contributed by atoms with E-state index in [2.05, 4.69) is 64.2 Å². The first-order valence-electron chi connectivity index (χ1n) is 9.08. The van der Waals surface area contributed by atoms with Crippen LogP contribution in [0.1, 0.15) is 36.8 Å². The van der Waals surface area contributed by atoms with Crippen LogP contribution in [0.5, 0.6) is 0 Å². The Balaban J connectivity index is 1.38. The molecular formula is C22H25NS. The molecule has 124 valence electrons. The highest BCUT2D eigenvalue weighted by Crippen LogP contribution is 2.32. The molecule has 2 heterocycles. The van der Waals surface area contributed by atoms with Gasteiger partial charge in [-0.25, -0.2) is 0 Å². The van der Waals surface area contributed by atoms with Crippen molar-refractivity contribution in [1.82, 2.24) is 4.90 Å². The van der Waals surface area contributed by atoms with Crippen molar-refractivity contribution in [3.8, 4) is 0 Å². The Morgan fingerprint density at radius 3 is 2.67 bits per heavy atom. The first kappa shape index (κ1) is 15.9. The van der Waals surface area contributed by atoms with Crippen molar-refractivity contribution in [2.45, 2.75) is 25.7 Å². The maximum absolute atomic E-state index is 2.63. The van der Waals surface area contributed by atoms with Crippen LogP contribution in [-0.2, 0) is 0 Å². The van der Waals surface area contributed by atoms with E-state index in [0.29, 0.717) is 0 Å². The highest BCUT2D eigenvalue weighted by molar-refractivity contribution is 7.08. The largest absolute Gasteiger partial charge is 0.299 e. The van der Waals surface area contributed by atoms with E-state index >= 15 is 0 Å². The van der Waals surface area contributed by atoms with Crippen molar-refractivity contribution < 1.29 is 0 Å². The van der Waals surface area contributed by atoms with Crippen LogP contribution in [-0.4, -0.2) is 24.5 Å². The molecule has 1 aliphatic heterocycles. The van der Waals surface area contributed by atoms with Gasteiger partial charge in [-0.2, -0.15) is 11.3 Å². The van der Waals surface area contributed by atoms with Gasteiger partial charge in [-0.3, -0.25) is 4.90 Å². The van der Waals surface area contributed by atoms with E-state index in [0.717, 1.165) is 12.5 Å². The van der Waals surface area contributed by atoms with Crippen LogP contribution in [0.15, 0.2) is 59.3 Å². The van der Waals surface area contributed by atoms with E-state index in [1.54, 1.807) is 5.57 Å². The van der Waals surface area contributed by atoms with Gasteiger partial charge >= 0.3 is 0 Å². The third-order valence-electron chi connectivity index (χ3n) is 5.28. The van der Waals surface area contributed by atoms with Crippen LogP contribution in [0.25, 0.3) is 11.1 Å². The van der Waals surface area contributed by atoms with Crippen LogP contribution >= 0.6 is 11.3 Å². The van der Waals surface area contributed by atoms with E-state index in [1.165, 1.54) is 55.5 Å². The van der Waals surface area contributed by atoms with Gasteiger partial charge in [-0.1, -0.05) is 42.5 Å². The monoisotopic (exact) mass is 335 g/mol. The second-order valence-electron chi connectivity index (χ2n) is 6.96. The predicted octanol–water partition coefficient (Wildman–Crippen LogP) is 5.72. The smallest absolute Gasteiger partial charge is 0.0169 e. The van der Waals surface area contributed by atoms with Gasteiger partial charge in [-0.05, 0) is 70.7 Å². The van der Waals surface area contributed by atoms with Crippen molar-refractivity contribution >= 4 is 22.5 Å². The van der Waals surface area contributed by atoms with Crippen molar-refractivity contribution in [2.75, 3.05) is 19.6 Å². The Kier molecular flexibility index (Phi) is 4.96. The van der Waals surface area contributed by atoms with Gasteiger partial charge in [0.1, 0.15) is 0 Å². The Morgan fingerprint density at radius 2 is 1.92 bits per heavy atom. The van der Waals surface area contributed by atoms with E-state index < -0.39 is 0 Å². The molecule has 24 heavy (non-hydrogen) atoms. The summed E-state index contributed by atoms with van der Waals surface area (Å²) < 4.78 is 0. The average molecular weight is 336 g/mol. The fraction of sp³-hybridized carbons (Fsp3) is 0.364. The molecule has 0 saturated heterocycles. The van der Waals surface area contributed by atoms with E-state index in [1.807, 2.05) is 11.3 Å². The van der Waals surface area contributed by atoms with Crippen LogP contribution in [0.2, 0.25) is 0 Å². The average Bonchev–Trinajstić information content (AvgIpc) is 3.18. The first-order chi connectivity index (χ1) is 11.9. The summed E-state index contributed by atoms with van der Waals surface area (Å²) in [6.07, 6.45) is 10.1. The molecule has 0 radical (unpaired) electrons. The molecule has 1 aromatic heterocycles. The Morgan fingerprint density at radius 1 is 1.00 bits per heavy atom. The van der Waals surface area contributed by atoms with Gasteiger partial charge in [-0.15, -0.1) is 0 Å². The molecule has 2 aromatic rings. The number of hydrogen-bond acceptors (Lipinski definition) is 2. The van der Waals surface area contributed by atoms with Crippen molar-refractivity contribution in [3.63, 3.8) is 0 Å². The number of nitrogens with zero attached hydrogens (tertiary/aromatic N) is 1. The highest BCUT2D eigenvalue weighted by Gasteiger charge is 2.19. The topological polar surface area (TPSA) is 3.24 Å². The minimum atomic E-state index is 0.723. The lowest BCUT2D eigenvalue weighted by molar-refractivity contribution is 0.262. The molecule has 0 N–H and O–H groups in total. The van der Waals surface area contributed by atoms with E-state index in [-0.39, 0.29) is 0 Å². The first-order valence-corrected chi connectivity index (χ1v) is 10.0. The van der Waals surface area contributed by atoms with Crippen LogP contribution in [0, 0.1) is 5.92 Å². The van der Waals surface area contributed by atoms with Crippen molar-refractivity contribution in [1.29, 1.82) is 0 Å². The number of thiophene rings is 1. The second kappa shape index (κ2) is 7.50. The minimum Gasteiger partial charge on any atom is -0.299 e. The molecule has 0 fully saturated rings. The van der Waals surface area contributed by atoms with Gasteiger partial charge in [0.05, 0.1) is 0 Å². The summed E-state index contributed by atoms with van der Waals surface area (Å²) in [7, 11) is 0. The summed E-state index contributed by atoms with van der Waals surface area (Å²) in [5.41, 5.74) is 5.94. The lowest BCUT2D eigenvalue weighted by Crippen LogP contribution is -2.33. The third kappa shape index (κ3) is 3.71. The third-order valence-corrected chi connectivity index (χ3v) is 5.96. The summed E-state index contributed by atoms with van der Waals surface area (Å²) >= 11 is 1.81. The molecule has 2 heteroatoms. The summed E-state index contributed by atoms with van der Waals surface area (Å²) in [4.78, 5) is 2.63. The Labute approximate surface area is 149 Å². The lowest BCUT2D eigenvalue weighted by atomic mass is 9.87. The summed E-state index contributed by atoms with van der Waals surface area (Å²) in [6.45, 7) is 3.51. The maximum atomic E-state index is 2.63. The van der Waals surface area contributed by atoms with Gasteiger partial charge in [0, 0.05) is 19.6 Å². The van der Waals surface area contributed by atoms with Gasteiger partial charge < -0.3 is 0 Å². The van der Waals surface area contributed by atoms with E-state index in [9.17, 15) is 0 Å². The van der Waals surface area contributed by atoms with E-state index in [4.69, 9.17) is 0 Å². The standard InChI is InChI=1S/C22H25NS/c1-2-6-19(7-3-1)20-9-12-23(13-10-20)16-18-5-4-8-21(15-18)22-11-14-24-17-22/h1-3,6-7,9,11,14-15,17-18H,4-5,8,10,12-13,16H2. The fourth-order valence-corrected chi connectivity index (χ4v) is 4.64. The quantitative estimate of drug-likeness (QED) is 0.690. The number of allylic oxidation sites excluding steroid dienone is 1. The zero-order valence-electron chi connectivity index (χ0n) is 14.2. The Hall–Kier alpha value is -1.64. The molecule has 4 rings (SSSR count).